The van der Waals surface area contributed by atoms with E-state index in [0.29, 0.717) is 32.0 Å². The molecule has 2 aliphatic heterocycles. The summed E-state index contributed by atoms with van der Waals surface area (Å²) in [7, 11) is 0. The molecule has 0 aromatic carbocycles. The third-order valence-electron chi connectivity index (χ3n) is 4.63. The van der Waals surface area contributed by atoms with E-state index in [2.05, 4.69) is 24.1 Å². The number of carbonyl (C=O) groups excluding carboxylic acids is 2. The van der Waals surface area contributed by atoms with Crippen molar-refractivity contribution in [3.05, 3.63) is 0 Å². The van der Waals surface area contributed by atoms with Crippen molar-refractivity contribution in [3.63, 3.8) is 0 Å². The molecule has 2 rings (SSSR count). The molecule has 2 aliphatic rings. The van der Waals surface area contributed by atoms with Gasteiger partial charge in [-0.15, -0.1) is 0 Å². The van der Waals surface area contributed by atoms with Crippen molar-refractivity contribution in [2.45, 2.75) is 51.6 Å². The Balaban J connectivity index is 1.90. The fraction of sp³-hybridized carbons (Fsp3) is 0.875. The zero-order valence-corrected chi connectivity index (χ0v) is 13.9. The first kappa shape index (κ1) is 17.2. The molecular weight excluding hydrogens is 280 g/mol. The van der Waals surface area contributed by atoms with Gasteiger partial charge in [-0.3, -0.25) is 14.5 Å². The molecule has 0 radical (unpaired) electrons. The van der Waals surface area contributed by atoms with Crippen molar-refractivity contribution < 1.29 is 9.59 Å². The molecule has 0 aliphatic carbocycles. The normalized spacial score (nSPS) is 26.3. The van der Waals surface area contributed by atoms with Crippen LogP contribution in [0.1, 0.15) is 39.5 Å². The van der Waals surface area contributed by atoms with Gasteiger partial charge in [-0.2, -0.15) is 0 Å². The standard InChI is InChI=1S/C16H30N4O2/c1-12(2)6-8-19-9-10-20-14(11-19)15(21)18-13(16(20)22)5-3-4-7-17/h12-14H,3-11,17H2,1-2H3,(H,18,21)/t13-,14+/m0/s1. The molecular formula is C16H30N4O2. The van der Waals surface area contributed by atoms with Crippen LogP contribution in [0.2, 0.25) is 0 Å². The molecule has 2 fully saturated rings. The van der Waals surface area contributed by atoms with E-state index in [1.54, 1.807) is 4.90 Å². The second-order valence-corrected chi connectivity index (χ2v) is 6.88. The predicted molar refractivity (Wildman–Crippen MR) is 86.2 cm³/mol. The van der Waals surface area contributed by atoms with Crippen LogP contribution in [0, 0.1) is 5.92 Å². The van der Waals surface area contributed by atoms with E-state index < -0.39 is 0 Å². The molecule has 6 nitrogen and oxygen atoms in total. The SMILES string of the molecule is CC(C)CCN1CCN2C(=O)[C@H](CCCCN)NC(=O)[C@H]2C1. The molecule has 0 spiro atoms. The van der Waals surface area contributed by atoms with E-state index in [1.165, 1.54) is 0 Å². The number of unbranched alkanes of at least 4 members (excludes halogenated alkanes) is 1. The third kappa shape index (κ3) is 4.20. The molecule has 2 heterocycles. The minimum absolute atomic E-state index is 0.00611. The van der Waals surface area contributed by atoms with Gasteiger partial charge in [0, 0.05) is 19.6 Å². The van der Waals surface area contributed by atoms with Crippen LogP contribution < -0.4 is 11.1 Å². The van der Waals surface area contributed by atoms with Gasteiger partial charge in [-0.05, 0) is 44.7 Å². The monoisotopic (exact) mass is 310 g/mol. The lowest BCUT2D eigenvalue weighted by atomic mass is 10.00. The summed E-state index contributed by atoms with van der Waals surface area (Å²) in [6.45, 7) is 8.26. The Morgan fingerprint density at radius 2 is 2.05 bits per heavy atom. The quantitative estimate of drug-likeness (QED) is 0.657. The molecule has 6 heteroatoms. The highest BCUT2D eigenvalue weighted by Gasteiger charge is 2.42. The average molecular weight is 310 g/mol. The number of nitrogens with one attached hydrogen (secondary N) is 1. The number of carbonyl (C=O) groups is 2. The number of nitrogens with zero attached hydrogens (tertiary/aromatic N) is 2. The lowest BCUT2D eigenvalue weighted by molar-refractivity contribution is -0.153. The maximum absolute atomic E-state index is 12.5. The maximum atomic E-state index is 12.5. The van der Waals surface area contributed by atoms with Crippen molar-refractivity contribution in [2.75, 3.05) is 32.7 Å². The van der Waals surface area contributed by atoms with Crippen LogP contribution in [0.25, 0.3) is 0 Å². The highest BCUT2D eigenvalue weighted by molar-refractivity contribution is 5.97. The predicted octanol–water partition coefficient (Wildman–Crippen LogP) is 0.173. The summed E-state index contributed by atoms with van der Waals surface area (Å²) in [4.78, 5) is 29.0. The zero-order valence-electron chi connectivity index (χ0n) is 13.9. The van der Waals surface area contributed by atoms with E-state index in [0.717, 1.165) is 32.4 Å². The summed E-state index contributed by atoms with van der Waals surface area (Å²) in [6, 6.07) is -0.656. The van der Waals surface area contributed by atoms with Gasteiger partial charge in [-0.25, -0.2) is 0 Å². The molecule has 0 aromatic rings. The van der Waals surface area contributed by atoms with Gasteiger partial charge >= 0.3 is 0 Å². The lowest BCUT2D eigenvalue weighted by Crippen LogP contribution is -2.69. The fourth-order valence-electron chi connectivity index (χ4n) is 3.19. The minimum atomic E-state index is -0.350. The Morgan fingerprint density at radius 3 is 2.73 bits per heavy atom. The number of piperazine rings is 2. The Bertz CT molecular complexity index is 400. The summed E-state index contributed by atoms with van der Waals surface area (Å²) in [6.07, 6.45) is 3.60. The smallest absolute Gasteiger partial charge is 0.245 e. The van der Waals surface area contributed by atoms with Crippen LogP contribution in [0.3, 0.4) is 0 Å². The molecule has 3 N–H and O–H groups in total. The average Bonchev–Trinajstić information content (AvgIpc) is 2.50. The molecule has 0 bridgehead atoms. The number of hydrogen-bond donors (Lipinski definition) is 2. The molecule has 22 heavy (non-hydrogen) atoms. The van der Waals surface area contributed by atoms with Gasteiger partial charge < -0.3 is 16.0 Å². The summed E-state index contributed by atoms with van der Waals surface area (Å²) in [5.41, 5.74) is 5.49. The van der Waals surface area contributed by atoms with Crippen molar-refractivity contribution >= 4 is 11.8 Å². The molecule has 0 saturated carbocycles. The van der Waals surface area contributed by atoms with Gasteiger partial charge in [-0.1, -0.05) is 13.8 Å². The van der Waals surface area contributed by atoms with E-state index in [9.17, 15) is 9.59 Å². The van der Waals surface area contributed by atoms with E-state index in [4.69, 9.17) is 5.73 Å². The first-order valence-corrected chi connectivity index (χ1v) is 8.56. The van der Waals surface area contributed by atoms with Crippen LogP contribution in [0.4, 0.5) is 0 Å². The van der Waals surface area contributed by atoms with Crippen molar-refractivity contribution in [1.82, 2.24) is 15.1 Å². The molecule has 2 amide bonds. The van der Waals surface area contributed by atoms with E-state index in [1.807, 2.05) is 0 Å². The number of fused-ring (bicyclic) bond motifs is 1. The van der Waals surface area contributed by atoms with Gasteiger partial charge in [0.1, 0.15) is 12.1 Å². The second-order valence-electron chi connectivity index (χ2n) is 6.88. The molecule has 2 saturated heterocycles. The highest BCUT2D eigenvalue weighted by Crippen LogP contribution is 2.19. The number of hydrogen-bond acceptors (Lipinski definition) is 4. The minimum Gasteiger partial charge on any atom is -0.342 e. The van der Waals surface area contributed by atoms with Gasteiger partial charge in [0.15, 0.2) is 0 Å². The fourth-order valence-corrected chi connectivity index (χ4v) is 3.19. The van der Waals surface area contributed by atoms with Crippen LogP contribution in [0.15, 0.2) is 0 Å². The Labute approximate surface area is 133 Å². The summed E-state index contributed by atoms with van der Waals surface area (Å²) >= 11 is 0. The van der Waals surface area contributed by atoms with Gasteiger partial charge in [0.25, 0.3) is 0 Å². The number of nitrogens with two attached hydrogens (primary N) is 1. The summed E-state index contributed by atoms with van der Waals surface area (Å²) < 4.78 is 0. The number of amides is 2. The third-order valence-corrected chi connectivity index (χ3v) is 4.63. The lowest BCUT2D eigenvalue weighted by Gasteiger charge is -2.45. The zero-order chi connectivity index (χ0) is 16.1. The molecule has 0 aromatic heterocycles. The topological polar surface area (TPSA) is 78.7 Å². The Hall–Kier alpha value is -1.14. The van der Waals surface area contributed by atoms with Crippen LogP contribution in [0.5, 0.6) is 0 Å². The van der Waals surface area contributed by atoms with Crippen molar-refractivity contribution in [1.29, 1.82) is 0 Å². The van der Waals surface area contributed by atoms with Crippen molar-refractivity contribution in [3.8, 4) is 0 Å². The Kier molecular flexibility index (Phi) is 6.20. The van der Waals surface area contributed by atoms with Gasteiger partial charge in [0.05, 0.1) is 0 Å². The van der Waals surface area contributed by atoms with Crippen LogP contribution in [-0.4, -0.2) is 66.4 Å². The van der Waals surface area contributed by atoms with Crippen LogP contribution in [-0.2, 0) is 9.59 Å². The molecule has 0 unspecified atom stereocenters. The van der Waals surface area contributed by atoms with Gasteiger partial charge in [0.2, 0.25) is 11.8 Å². The second kappa shape index (κ2) is 7.92. The maximum Gasteiger partial charge on any atom is 0.245 e. The van der Waals surface area contributed by atoms with E-state index in [-0.39, 0.29) is 23.9 Å². The van der Waals surface area contributed by atoms with Crippen LogP contribution >= 0.6 is 0 Å². The molecule has 126 valence electrons. The summed E-state index contributed by atoms with van der Waals surface area (Å²) in [5, 5.41) is 2.91. The van der Waals surface area contributed by atoms with Crippen molar-refractivity contribution in [2.24, 2.45) is 11.7 Å². The highest BCUT2D eigenvalue weighted by atomic mass is 16.2. The largest absolute Gasteiger partial charge is 0.342 e. The number of rotatable bonds is 7. The van der Waals surface area contributed by atoms with E-state index >= 15 is 0 Å². The Morgan fingerprint density at radius 1 is 1.27 bits per heavy atom. The molecule has 2 atom stereocenters. The first-order valence-electron chi connectivity index (χ1n) is 8.56. The summed E-state index contributed by atoms with van der Waals surface area (Å²) in [5.74, 6) is 0.753. The first-order chi connectivity index (χ1) is 10.5.